The zero-order chi connectivity index (χ0) is 46.2. The summed E-state index contributed by atoms with van der Waals surface area (Å²) >= 11 is 12.1. The second-order valence-electron chi connectivity index (χ2n) is 17.0. The largest absolute Gasteiger partial charge is 1.00 e. The first-order valence-electron chi connectivity index (χ1n) is 22.1. The van der Waals surface area contributed by atoms with Crippen LogP contribution in [0.5, 0.6) is 0 Å². The number of nitrogens with one attached hydrogen (secondary N) is 1. The minimum Gasteiger partial charge on any atom is -1.00 e. The van der Waals surface area contributed by atoms with Gasteiger partial charge in [-0.3, -0.25) is 9.59 Å². The zero-order valence-electron chi connectivity index (χ0n) is 39.6. The number of rotatable bonds is 14. The number of halogens is 2. The topological polar surface area (TPSA) is 180 Å². The number of methoxy groups -OCH3 is 2. The average Bonchev–Trinajstić information content (AvgIpc) is 4.25. The van der Waals surface area contributed by atoms with Gasteiger partial charge in [0.1, 0.15) is 34.1 Å². The Labute approximate surface area is 421 Å². The number of piperazine rings is 2. The maximum Gasteiger partial charge on any atom is 1.00 e. The summed E-state index contributed by atoms with van der Waals surface area (Å²) in [4.78, 5) is 53.2. The van der Waals surface area contributed by atoms with Crippen LogP contribution in [0.2, 0.25) is 10.3 Å². The van der Waals surface area contributed by atoms with Gasteiger partial charge in [0.2, 0.25) is 11.8 Å². The van der Waals surface area contributed by atoms with Crippen LogP contribution in [0.4, 0.5) is 34.4 Å². The summed E-state index contributed by atoms with van der Waals surface area (Å²) in [7, 11) is 5.16. The van der Waals surface area contributed by atoms with Crippen molar-refractivity contribution < 1.29 is 50.0 Å². The van der Waals surface area contributed by atoms with E-state index < -0.39 is 0 Å². The third-order valence-electron chi connectivity index (χ3n) is 12.2. The van der Waals surface area contributed by atoms with E-state index in [1.54, 1.807) is 38.7 Å². The van der Waals surface area contributed by atoms with Gasteiger partial charge >= 0.3 is 29.6 Å². The van der Waals surface area contributed by atoms with E-state index in [0.717, 1.165) is 59.8 Å². The molecule has 2 aliphatic carbocycles. The number of hydrogen-bond donors (Lipinski definition) is 1. The monoisotopic (exact) mass is 946 g/mol. The molecule has 4 aromatic rings. The molecule has 0 bridgehead atoms. The van der Waals surface area contributed by atoms with Crippen molar-refractivity contribution in [3.05, 3.63) is 81.6 Å². The van der Waals surface area contributed by atoms with Gasteiger partial charge in [0, 0.05) is 108 Å². The SMILES string of the molecule is COCCC(=O)N1CCN(c2nc(C3CC3)c(N(C)c3ccnc(Cl)c3)cc2C#N)C[C@H]1C.COCCC(=O)N1CCN(c2nc(C3CC3)c(Nc3ccnc(Cl)c3)cc2C#N)C[C@H]1C.[H-].[Na+]. The number of ether oxygens (including phenoxy) is 2. The second kappa shape index (κ2) is 23.3. The van der Waals surface area contributed by atoms with Gasteiger partial charge in [0.15, 0.2) is 0 Å². The molecule has 0 radical (unpaired) electrons. The van der Waals surface area contributed by atoms with Gasteiger partial charge in [-0.25, -0.2) is 19.9 Å². The van der Waals surface area contributed by atoms with Gasteiger partial charge in [-0.05, 0) is 75.9 Å². The Morgan fingerprint density at radius 1 is 0.773 bits per heavy atom. The van der Waals surface area contributed by atoms with Gasteiger partial charge in [0.05, 0.1) is 59.9 Å². The van der Waals surface area contributed by atoms with Crippen molar-refractivity contribution >= 4 is 69.4 Å². The van der Waals surface area contributed by atoms with Crippen molar-refractivity contribution in [1.82, 2.24) is 29.7 Å². The smallest absolute Gasteiger partial charge is 1.00 e. The van der Waals surface area contributed by atoms with Gasteiger partial charge < -0.3 is 40.7 Å². The molecule has 4 fully saturated rings. The van der Waals surface area contributed by atoms with Crippen LogP contribution in [0.1, 0.15) is 88.1 Å². The summed E-state index contributed by atoms with van der Waals surface area (Å²) < 4.78 is 10.1. The molecule has 0 spiro atoms. The predicted octanol–water partition coefficient (Wildman–Crippen LogP) is 4.53. The fourth-order valence-electron chi connectivity index (χ4n) is 8.45. The van der Waals surface area contributed by atoms with E-state index >= 15 is 0 Å². The maximum absolute atomic E-state index is 12.5. The second-order valence-corrected chi connectivity index (χ2v) is 17.7. The third kappa shape index (κ3) is 12.4. The van der Waals surface area contributed by atoms with Crippen molar-refractivity contribution in [2.45, 2.75) is 76.3 Å². The molecule has 2 atom stereocenters. The molecule has 19 heteroatoms. The van der Waals surface area contributed by atoms with Gasteiger partial charge in [-0.2, -0.15) is 10.5 Å². The molecule has 1 N–H and O–H groups in total. The molecule has 0 aromatic carbocycles. The van der Waals surface area contributed by atoms with Crippen LogP contribution in [0, 0.1) is 22.7 Å². The minimum absolute atomic E-state index is 0. The van der Waals surface area contributed by atoms with Crippen LogP contribution >= 0.6 is 23.2 Å². The summed E-state index contributed by atoms with van der Waals surface area (Å²) in [5.41, 5.74) is 6.48. The van der Waals surface area contributed by atoms with Crippen molar-refractivity contribution in [2.75, 3.05) is 93.8 Å². The molecule has 8 rings (SSSR count). The molecule has 2 saturated carbocycles. The van der Waals surface area contributed by atoms with Crippen LogP contribution < -0.4 is 49.6 Å². The van der Waals surface area contributed by atoms with E-state index in [-0.39, 0.29) is 54.9 Å². The van der Waals surface area contributed by atoms with E-state index in [9.17, 15) is 20.1 Å². The van der Waals surface area contributed by atoms with Crippen LogP contribution in [0.15, 0.2) is 48.8 Å². The zero-order valence-corrected chi connectivity index (χ0v) is 42.1. The minimum atomic E-state index is 0. The fourth-order valence-corrected chi connectivity index (χ4v) is 8.79. The Kier molecular flexibility index (Phi) is 17.9. The fraction of sp³-hybridized carbons (Fsp3) is 0.489. The van der Waals surface area contributed by atoms with E-state index in [0.29, 0.717) is 110 Å². The standard InChI is InChI=1S/C24H29ClN6O2.C23H27ClN6O2.Na.H/c1-16-15-30(9-10-31(16)22(32)7-11-33-3)24-18(14-26)12-20(23(28-24)17-4-5-17)29(2)19-6-8-27-21(25)13-19;1-15-14-29(8-9-30(15)21(31)6-10-32-2)23-17(13-25)11-19(22(28-23)16-3-4-16)27-18-5-7-26-20(24)12-18;;/h6,8,12-13,16-17H,4-5,7,9-11,15H2,1-3H3;5,7,11-12,15-16H,3-4,6,8-10,14H2,1-2H3,(H,26,27);;/q;;+1;-1/t16-;15-;;/m11../s1. The Bertz CT molecular complexity index is 2450. The van der Waals surface area contributed by atoms with Gasteiger partial charge in [-0.15, -0.1) is 0 Å². The predicted molar refractivity (Wildman–Crippen MR) is 253 cm³/mol. The van der Waals surface area contributed by atoms with E-state index in [4.69, 9.17) is 42.6 Å². The Morgan fingerprint density at radius 2 is 1.27 bits per heavy atom. The van der Waals surface area contributed by atoms with Gasteiger partial charge in [0.25, 0.3) is 0 Å². The molecule has 2 aliphatic heterocycles. The summed E-state index contributed by atoms with van der Waals surface area (Å²) in [6.45, 7) is 8.69. The molecular weight excluding hydrogens is 890 g/mol. The summed E-state index contributed by atoms with van der Waals surface area (Å²) in [6, 6.07) is 15.8. The molecule has 4 aliphatic rings. The number of pyridine rings is 4. The van der Waals surface area contributed by atoms with Crippen molar-refractivity contribution in [3.63, 3.8) is 0 Å². The van der Waals surface area contributed by atoms with E-state index in [1.165, 1.54) is 0 Å². The first-order valence-corrected chi connectivity index (χ1v) is 22.9. The van der Waals surface area contributed by atoms with Gasteiger partial charge in [-0.1, -0.05) is 23.2 Å². The van der Waals surface area contributed by atoms with Crippen LogP contribution in [-0.2, 0) is 19.1 Å². The molecule has 344 valence electrons. The van der Waals surface area contributed by atoms with Crippen LogP contribution in [-0.4, -0.2) is 127 Å². The number of carbonyl (C=O) groups excluding carboxylic acids is 2. The number of aromatic nitrogens is 4. The number of nitrogens with zero attached hydrogens (tertiary/aromatic N) is 11. The Morgan fingerprint density at radius 3 is 1.76 bits per heavy atom. The Hall–Kier alpha value is -4.78. The number of carbonyl (C=O) groups is 2. The first kappa shape index (κ1) is 50.6. The molecule has 2 saturated heterocycles. The molecule has 0 unspecified atom stereocenters. The van der Waals surface area contributed by atoms with E-state index in [1.807, 2.05) is 59.9 Å². The summed E-state index contributed by atoms with van der Waals surface area (Å²) in [5, 5.41) is 24.0. The van der Waals surface area contributed by atoms with Crippen LogP contribution in [0.25, 0.3) is 0 Å². The number of anilines is 6. The molecule has 2 amide bonds. The normalized spacial score (nSPS) is 18.0. The molecule has 4 aromatic heterocycles. The average molecular weight is 948 g/mol. The van der Waals surface area contributed by atoms with E-state index in [2.05, 4.69) is 37.2 Å². The van der Waals surface area contributed by atoms with Crippen molar-refractivity contribution in [1.29, 1.82) is 10.5 Å². The summed E-state index contributed by atoms with van der Waals surface area (Å²) in [5.74, 6) is 2.38. The summed E-state index contributed by atoms with van der Waals surface area (Å²) in [6.07, 6.45) is 8.44. The van der Waals surface area contributed by atoms with Crippen molar-refractivity contribution in [3.8, 4) is 12.1 Å². The first-order chi connectivity index (χ1) is 31.4. The van der Waals surface area contributed by atoms with Crippen molar-refractivity contribution in [2.24, 2.45) is 0 Å². The third-order valence-corrected chi connectivity index (χ3v) is 12.6. The quantitative estimate of drug-likeness (QED) is 0.138. The Balaban J connectivity index is 0.000000244. The molecule has 66 heavy (non-hydrogen) atoms. The maximum atomic E-state index is 12.5. The molecule has 16 nitrogen and oxygen atoms in total. The number of hydrogen-bond acceptors (Lipinski definition) is 14. The van der Waals surface area contributed by atoms with Crippen LogP contribution in [0.3, 0.4) is 0 Å². The molecular formula is C47H57Cl2N12NaO4. The molecule has 6 heterocycles. The number of amides is 2. The number of nitriles is 2.